The van der Waals surface area contributed by atoms with E-state index in [1.807, 2.05) is 55.0 Å². The van der Waals surface area contributed by atoms with Crippen molar-refractivity contribution in [2.24, 2.45) is 0 Å². The van der Waals surface area contributed by atoms with Crippen LogP contribution in [0.1, 0.15) is 22.8 Å². The van der Waals surface area contributed by atoms with Gasteiger partial charge in [0.2, 0.25) is 6.54 Å². The van der Waals surface area contributed by atoms with Gasteiger partial charge in [0.25, 0.3) is 5.91 Å². The summed E-state index contributed by atoms with van der Waals surface area (Å²) in [5, 5.41) is 5.62. The molecule has 0 atom stereocenters. The van der Waals surface area contributed by atoms with Crippen molar-refractivity contribution in [3.8, 4) is 11.1 Å². The molecule has 0 aliphatic rings. The molecule has 1 amide bonds. The van der Waals surface area contributed by atoms with E-state index in [1.54, 1.807) is 17.6 Å². The number of hydrogen-bond donors (Lipinski definition) is 1. The standard InChI is InChI=1S/C21H19ClN2O3S/c1-3-27-21(26)19-16(15-6-4-5-7-17(15)22)13-28-20(19)23-18(25)12-24-10-8-14(2)9-11-24/h4-11,13H,3,12H2,1-2H3/p+1. The van der Waals surface area contributed by atoms with E-state index in [4.69, 9.17) is 16.3 Å². The fourth-order valence-electron chi connectivity index (χ4n) is 2.70. The number of carbonyl (C=O) groups is 2. The highest BCUT2D eigenvalue weighted by molar-refractivity contribution is 7.15. The van der Waals surface area contributed by atoms with Crippen molar-refractivity contribution in [1.82, 2.24) is 0 Å². The molecule has 0 bridgehead atoms. The van der Waals surface area contributed by atoms with Gasteiger partial charge in [0.1, 0.15) is 10.6 Å². The third-order valence-electron chi connectivity index (χ3n) is 4.07. The third-order valence-corrected chi connectivity index (χ3v) is 5.30. The molecule has 0 spiro atoms. The fraction of sp³-hybridized carbons (Fsp3) is 0.190. The Kier molecular flexibility index (Phi) is 6.44. The van der Waals surface area contributed by atoms with E-state index >= 15 is 0 Å². The molecule has 144 valence electrons. The van der Waals surface area contributed by atoms with Crippen molar-refractivity contribution in [1.29, 1.82) is 0 Å². The van der Waals surface area contributed by atoms with Crippen LogP contribution in [-0.4, -0.2) is 18.5 Å². The molecular formula is C21H20ClN2O3S+. The number of aromatic nitrogens is 1. The highest BCUT2D eigenvalue weighted by atomic mass is 35.5. The van der Waals surface area contributed by atoms with Gasteiger partial charge in [-0.3, -0.25) is 4.79 Å². The van der Waals surface area contributed by atoms with Crippen LogP contribution in [0.25, 0.3) is 11.1 Å². The number of nitrogens with zero attached hydrogens (tertiary/aromatic N) is 1. The minimum atomic E-state index is -0.489. The predicted molar refractivity (Wildman–Crippen MR) is 111 cm³/mol. The number of ether oxygens (including phenoxy) is 1. The Hall–Kier alpha value is -2.70. The molecule has 0 saturated carbocycles. The first kappa shape index (κ1) is 20.0. The Morgan fingerprint density at radius 2 is 1.86 bits per heavy atom. The van der Waals surface area contributed by atoms with Gasteiger partial charge in [0, 0.05) is 33.7 Å². The molecule has 0 fully saturated rings. The zero-order chi connectivity index (χ0) is 20.1. The average Bonchev–Trinajstić information content (AvgIpc) is 3.07. The first-order valence-corrected chi connectivity index (χ1v) is 10.0. The second kappa shape index (κ2) is 8.99. The Morgan fingerprint density at radius 1 is 1.14 bits per heavy atom. The molecule has 0 unspecified atom stereocenters. The van der Waals surface area contributed by atoms with Gasteiger partial charge in [-0.25, -0.2) is 4.79 Å². The summed E-state index contributed by atoms with van der Waals surface area (Å²) in [6, 6.07) is 11.1. The first-order valence-electron chi connectivity index (χ1n) is 8.78. The maximum Gasteiger partial charge on any atom is 0.341 e. The van der Waals surface area contributed by atoms with E-state index < -0.39 is 5.97 Å². The van der Waals surface area contributed by atoms with Gasteiger partial charge in [0.05, 0.1) is 6.61 Å². The quantitative estimate of drug-likeness (QED) is 0.477. The number of halogens is 1. The molecule has 3 aromatic rings. The van der Waals surface area contributed by atoms with Crippen LogP contribution < -0.4 is 9.88 Å². The minimum Gasteiger partial charge on any atom is -0.462 e. The van der Waals surface area contributed by atoms with Gasteiger partial charge >= 0.3 is 5.97 Å². The van der Waals surface area contributed by atoms with E-state index in [0.29, 0.717) is 21.2 Å². The number of hydrogen-bond acceptors (Lipinski definition) is 4. The number of thiophene rings is 1. The van der Waals surface area contributed by atoms with Gasteiger partial charge in [-0.1, -0.05) is 29.8 Å². The molecule has 0 radical (unpaired) electrons. The van der Waals surface area contributed by atoms with Crippen molar-refractivity contribution in [2.75, 3.05) is 11.9 Å². The van der Waals surface area contributed by atoms with Crippen molar-refractivity contribution >= 4 is 39.8 Å². The summed E-state index contributed by atoms with van der Waals surface area (Å²) < 4.78 is 6.98. The van der Waals surface area contributed by atoms with Crippen molar-refractivity contribution in [2.45, 2.75) is 20.4 Å². The number of esters is 1. The summed E-state index contributed by atoms with van der Waals surface area (Å²) in [6.07, 6.45) is 3.68. The lowest BCUT2D eigenvalue weighted by Crippen LogP contribution is -2.39. The highest BCUT2D eigenvalue weighted by Gasteiger charge is 2.24. The molecule has 0 saturated heterocycles. The molecule has 7 heteroatoms. The minimum absolute atomic E-state index is 0.141. The van der Waals surface area contributed by atoms with E-state index in [1.165, 1.54) is 11.3 Å². The highest BCUT2D eigenvalue weighted by Crippen LogP contribution is 2.39. The summed E-state index contributed by atoms with van der Waals surface area (Å²) >= 11 is 7.58. The number of benzene rings is 1. The Labute approximate surface area is 172 Å². The molecule has 1 aromatic carbocycles. The zero-order valence-electron chi connectivity index (χ0n) is 15.6. The molecule has 3 rings (SSSR count). The van der Waals surface area contributed by atoms with E-state index in [0.717, 1.165) is 11.1 Å². The maximum absolute atomic E-state index is 12.6. The van der Waals surface area contributed by atoms with Gasteiger partial charge in [-0.2, -0.15) is 4.57 Å². The number of pyridine rings is 1. The summed E-state index contributed by atoms with van der Waals surface area (Å²) in [5.41, 5.74) is 2.80. The number of nitrogens with one attached hydrogen (secondary N) is 1. The SMILES string of the molecule is CCOC(=O)c1c(-c2ccccc2Cl)csc1NC(=O)C[n+]1ccc(C)cc1. The van der Waals surface area contributed by atoms with Crippen LogP contribution in [0.15, 0.2) is 54.2 Å². The van der Waals surface area contributed by atoms with E-state index in [2.05, 4.69) is 5.32 Å². The topological polar surface area (TPSA) is 59.3 Å². The molecular weight excluding hydrogens is 396 g/mol. The number of anilines is 1. The van der Waals surface area contributed by atoms with Crippen LogP contribution in [0.5, 0.6) is 0 Å². The summed E-state index contributed by atoms with van der Waals surface area (Å²) in [4.78, 5) is 25.1. The monoisotopic (exact) mass is 415 g/mol. The second-order valence-corrected chi connectivity index (χ2v) is 7.44. The zero-order valence-corrected chi connectivity index (χ0v) is 17.1. The lowest BCUT2D eigenvalue weighted by Gasteiger charge is -2.09. The fourth-order valence-corrected chi connectivity index (χ4v) is 3.90. The maximum atomic E-state index is 12.6. The van der Waals surface area contributed by atoms with Gasteiger partial charge in [0.15, 0.2) is 12.4 Å². The van der Waals surface area contributed by atoms with Crippen LogP contribution in [0.2, 0.25) is 5.02 Å². The third kappa shape index (κ3) is 4.58. The van der Waals surface area contributed by atoms with Crippen molar-refractivity contribution in [3.05, 3.63) is 70.3 Å². The van der Waals surface area contributed by atoms with Gasteiger partial charge < -0.3 is 10.1 Å². The number of amides is 1. The van der Waals surface area contributed by atoms with Crippen LogP contribution >= 0.6 is 22.9 Å². The van der Waals surface area contributed by atoms with Crippen molar-refractivity contribution in [3.63, 3.8) is 0 Å². The average molecular weight is 416 g/mol. The lowest BCUT2D eigenvalue weighted by molar-refractivity contribution is -0.684. The second-order valence-electron chi connectivity index (χ2n) is 6.15. The lowest BCUT2D eigenvalue weighted by atomic mass is 10.0. The van der Waals surface area contributed by atoms with Gasteiger partial charge in [-0.05, 0) is 25.5 Å². The smallest absolute Gasteiger partial charge is 0.341 e. The van der Waals surface area contributed by atoms with Crippen LogP contribution in [-0.2, 0) is 16.1 Å². The summed E-state index contributed by atoms with van der Waals surface area (Å²) in [7, 11) is 0. The molecule has 2 heterocycles. The summed E-state index contributed by atoms with van der Waals surface area (Å²) in [6.45, 7) is 4.11. The van der Waals surface area contributed by atoms with Gasteiger partial charge in [-0.15, -0.1) is 11.3 Å². The molecule has 1 N–H and O–H groups in total. The number of carbonyl (C=O) groups excluding carboxylic acids is 2. The molecule has 5 nitrogen and oxygen atoms in total. The molecule has 0 aliphatic carbocycles. The van der Waals surface area contributed by atoms with Crippen LogP contribution in [0.4, 0.5) is 5.00 Å². The number of aryl methyl sites for hydroxylation is 1. The molecule has 28 heavy (non-hydrogen) atoms. The Bertz CT molecular complexity index is 999. The predicted octanol–water partition coefficient (Wildman–Crippen LogP) is 4.48. The van der Waals surface area contributed by atoms with Crippen LogP contribution in [0.3, 0.4) is 0 Å². The van der Waals surface area contributed by atoms with E-state index in [-0.39, 0.29) is 19.1 Å². The molecule has 2 aromatic heterocycles. The Morgan fingerprint density at radius 3 is 2.54 bits per heavy atom. The van der Waals surface area contributed by atoms with Crippen molar-refractivity contribution < 1.29 is 18.9 Å². The Balaban J connectivity index is 1.90. The molecule has 0 aliphatic heterocycles. The summed E-state index contributed by atoms with van der Waals surface area (Å²) in [5.74, 6) is -0.719. The first-order chi connectivity index (χ1) is 13.5. The normalized spacial score (nSPS) is 10.5. The largest absolute Gasteiger partial charge is 0.462 e. The van der Waals surface area contributed by atoms with E-state index in [9.17, 15) is 9.59 Å². The van der Waals surface area contributed by atoms with Crippen LogP contribution in [0, 0.1) is 6.92 Å². The number of rotatable bonds is 6.